The van der Waals surface area contributed by atoms with Crippen LogP contribution >= 0.6 is 12.4 Å². The van der Waals surface area contributed by atoms with Crippen molar-refractivity contribution in [3.8, 4) is 0 Å². The fourth-order valence-corrected chi connectivity index (χ4v) is 2.86. The van der Waals surface area contributed by atoms with Crippen LogP contribution in [-0.4, -0.2) is 22.6 Å². The number of carbonyl (C=O) groups is 1. The molecule has 0 saturated heterocycles. The Bertz CT molecular complexity index is 708. The van der Waals surface area contributed by atoms with Crippen LogP contribution in [0, 0.1) is 6.92 Å². The van der Waals surface area contributed by atoms with Crippen LogP contribution in [0.1, 0.15) is 46.7 Å². The van der Waals surface area contributed by atoms with E-state index in [1.807, 2.05) is 26.0 Å². The number of nitrogens with one attached hydrogen (secondary N) is 3. The Hall–Kier alpha value is -1.85. The van der Waals surface area contributed by atoms with E-state index >= 15 is 0 Å². The van der Waals surface area contributed by atoms with E-state index in [1.54, 1.807) is 0 Å². The maximum atomic E-state index is 12.6. The Balaban J connectivity index is 0.00000192. The second-order valence-electron chi connectivity index (χ2n) is 6.40. The number of amides is 1. The first kappa shape index (κ1) is 17.5. The summed E-state index contributed by atoms with van der Waals surface area (Å²) in [6, 6.07) is 8.20. The fraction of sp³-hybridized carbons (Fsp3) is 0.412. The molecule has 3 rings (SSSR count). The van der Waals surface area contributed by atoms with Gasteiger partial charge in [-0.25, -0.2) is 0 Å². The number of rotatable bonds is 3. The van der Waals surface area contributed by atoms with Crippen molar-refractivity contribution in [2.24, 2.45) is 0 Å². The molecule has 6 heteroatoms. The summed E-state index contributed by atoms with van der Waals surface area (Å²) in [6.07, 6.45) is 0.886. The highest BCUT2D eigenvalue weighted by Gasteiger charge is 2.27. The number of fused-ring (bicyclic) bond motifs is 1. The molecule has 3 N–H and O–H groups in total. The molecule has 0 aliphatic carbocycles. The van der Waals surface area contributed by atoms with Crippen molar-refractivity contribution in [2.45, 2.75) is 39.3 Å². The Kier molecular flexibility index (Phi) is 5.12. The van der Waals surface area contributed by atoms with Crippen LogP contribution in [0.3, 0.4) is 0 Å². The van der Waals surface area contributed by atoms with Gasteiger partial charge in [0.05, 0.1) is 5.54 Å². The van der Waals surface area contributed by atoms with Gasteiger partial charge in [0.1, 0.15) is 0 Å². The first-order valence-corrected chi connectivity index (χ1v) is 7.64. The number of aryl methyl sites for hydroxylation is 1. The molecule has 2 heterocycles. The molecule has 0 radical (unpaired) electrons. The second-order valence-corrected chi connectivity index (χ2v) is 6.40. The number of nitrogens with zero attached hydrogens (tertiary/aromatic N) is 1. The smallest absolute Gasteiger partial charge is 0.272 e. The molecule has 0 atom stereocenters. The van der Waals surface area contributed by atoms with Gasteiger partial charge < -0.3 is 10.6 Å². The summed E-state index contributed by atoms with van der Waals surface area (Å²) in [5.41, 5.74) is 4.38. The monoisotopic (exact) mass is 334 g/mol. The molecule has 1 amide bonds. The molecule has 1 aromatic carbocycles. The zero-order valence-corrected chi connectivity index (χ0v) is 14.5. The lowest BCUT2D eigenvalue weighted by molar-refractivity contribution is 0.0905. The third-order valence-electron chi connectivity index (χ3n) is 4.19. The minimum atomic E-state index is -0.447. The summed E-state index contributed by atoms with van der Waals surface area (Å²) < 4.78 is 0. The van der Waals surface area contributed by atoms with Crippen LogP contribution < -0.4 is 10.6 Å². The van der Waals surface area contributed by atoms with Gasteiger partial charge in [-0.3, -0.25) is 9.89 Å². The van der Waals surface area contributed by atoms with Gasteiger partial charge in [0.2, 0.25) is 0 Å². The first-order chi connectivity index (χ1) is 10.5. The van der Waals surface area contributed by atoms with Crippen LogP contribution in [0.25, 0.3) is 0 Å². The number of hydrogen-bond donors (Lipinski definition) is 3. The summed E-state index contributed by atoms with van der Waals surface area (Å²) in [6.45, 7) is 7.69. The summed E-state index contributed by atoms with van der Waals surface area (Å²) in [5, 5.41) is 13.6. The molecule has 1 aliphatic heterocycles. The minimum Gasteiger partial charge on any atom is -0.342 e. The molecular formula is C17H23ClN4O. The van der Waals surface area contributed by atoms with Crippen molar-refractivity contribution in [1.82, 2.24) is 20.8 Å². The van der Waals surface area contributed by atoms with Gasteiger partial charge in [-0.2, -0.15) is 5.10 Å². The molecule has 23 heavy (non-hydrogen) atoms. The lowest BCUT2D eigenvalue weighted by Gasteiger charge is -2.27. The zero-order chi connectivity index (χ0) is 15.7. The number of H-pyrrole nitrogens is 1. The van der Waals surface area contributed by atoms with Gasteiger partial charge in [0, 0.05) is 30.8 Å². The molecule has 0 fully saturated rings. The zero-order valence-electron chi connectivity index (χ0n) is 13.7. The summed E-state index contributed by atoms with van der Waals surface area (Å²) in [7, 11) is 0. The fourth-order valence-electron chi connectivity index (χ4n) is 2.86. The van der Waals surface area contributed by atoms with Crippen LogP contribution in [0.15, 0.2) is 24.3 Å². The Morgan fingerprint density at radius 2 is 2.13 bits per heavy atom. The maximum absolute atomic E-state index is 12.6. The van der Waals surface area contributed by atoms with Crippen LogP contribution in [0.2, 0.25) is 0 Å². The Labute approximate surface area is 142 Å². The van der Waals surface area contributed by atoms with Crippen molar-refractivity contribution in [2.75, 3.05) is 6.54 Å². The first-order valence-electron chi connectivity index (χ1n) is 7.64. The maximum Gasteiger partial charge on any atom is 0.272 e. The average molecular weight is 335 g/mol. The number of aromatic nitrogens is 2. The number of carbonyl (C=O) groups excluding carboxylic acids is 1. The number of benzene rings is 1. The summed E-state index contributed by atoms with van der Waals surface area (Å²) >= 11 is 0. The summed E-state index contributed by atoms with van der Waals surface area (Å²) in [4.78, 5) is 12.6. The third kappa shape index (κ3) is 3.57. The molecule has 2 aromatic rings. The van der Waals surface area contributed by atoms with Gasteiger partial charge in [-0.15, -0.1) is 12.4 Å². The van der Waals surface area contributed by atoms with E-state index in [9.17, 15) is 4.79 Å². The van der Waals surface area contributed by atoms with Gasteiger partial charge in [0.15, 0.2) is 5.69 Å². The summed E-state index contributed by atoms with van der Waals surface area (Å²) in [5.74, 6) is -0.132. The van der Waals surface area contributed by atoms with Crippen molar-refractivity contribution < 1.29 is 4.79 Å². The van der Waals surface area contributed by atoms with Crippen LogP contribution in [0.5, 0.6) is 0 Å². The molecule has 5 nitrogen and oxygen atoms in total. The predicted molar refractivity (Wildman–Crippen MR) is 92.9 cm³/mol. The van der Waals surface area contributed by atoms with Crippen molar-refractivity contribution in [3.05, 3.63) is 52.3 Å². The van der Waals surface area contributed by atoms with E-state index in [-0.39, 0.29) is 18.3 Å². The number of hydrogen-bond acceptors (Lipinski definition) is 3. The normalized spacial score (nSPS) is 13.9. The van der Waals surface area contributed by atoms with E-state index in [1.165, 1.54) is 5.56 Å². The van der Waals surface area contributed by atoms with E-state index in [2.05, 4.69) is 39.9 Å². The van der Waals surface area contributed by atoms with E-state index in [0.29, 0.717) is 12.2 Å². The lowest BCUT2D eigenvalue weighted by Crippen LogP contribution is -2.41. The largest absolute Gasteiger partial charge is 0.342 e. The van der Waals surface area contributed by atoms with Gasteiger partial charge in [-0.05, 0) is 26.3 Å². The van der Waals surface area contributed by atoms with Gasteiger partial charge in [-0.1, -0.05) is 29.8 Å². The molecule has 0 spiro atoms. The molecule has 0 saturated carbocycles. The molecule has 124 valence electrons. The second kappa shape index (κ2) is 6.72. The topological polar surface area (TPSA) is 69.8 Å². The quantitative estimate of drug-likeness (QED) is 0.807. The molecule has 0 bridgehead atoms. The van der Waals surface area contributed by atoms with E-state index in [0.717, 1.165) is 29.8 Å². The molecule has 0 unspecified atom stereocenters. The van der Waals surface area contributed by atoms with Crippen molar-refractivity contribution in [3.63, 3.8) is 0 Å². The van der Waals surface area contributed by atoms with Gasteiger partial charge >= 0.3 is 0 Å². The number of aromatic amines is 1. The molecule has 1 aliphatic rings. The van der Waals surface area contributed by atoms with Gasteiger partial charge in [0.25, 0.3) is 5.91 Å². The highest BCUT2D eigenvalue weighted by atomic mass is 35.5. The van der Waals surface area contributed by atoms with Crippen LogP contribution in [-0.2, 0) is 18.5 Å². The third-order valence-corrected chi connectivity index (χ3v) is 4.19. The van der Waals surface area contributed by atoms with E-state index in [4.69, 9.17) is 0 Å². The SMILES string of the molecule is Cc1cccc(C(C)(C)NC(=O)c2n[nH]c3c2CNCC3)c1.Cl. The van der Waals surface area contributed by atoms with Crippen molar-refractivity contribution in [1.29, 1.82) is 0 Å². The highest BCUT2D eigenvalue weighted by Crippen LogP contribution is 2.22. The number of halogens is 1. The standard InChI is InChI=1S/C17H22N4O.ClH/c1-11-5-4-6-12(9-11)17(2,3)19-16(22)15-13-10-18-8-7-14(13)20-21-15;/h4-6,9,18H,7-8,10H2,1-3H3,(H,19,22)(H,20,21);1H. The van der Waals surface area contributed by atoms with Crippen molar-refractivity contribution >= 4 is 18.3 Å². The van der Waals surface area contributed by atoms with Crippen LogP contribution in [0.4, 0.5) is 0 Å². The Morgan fingerprint density at radius 3 is 2.87 bits per heavy atom. The predicted octanol–water partition coefficient (Wildman–Crippen LogP) is 2.45. The van der Waals surface area contributed by atoms with E-state index < -0.39 is 5.54 Å². The molecule has 1 aromatic heterocycles. The Morgan fingerprint density at radius 1 is 1.35 bits per heavy atom. The molecular weight excluding hydrogens is 312 g/mol. The average Bonchev–Trinajstić information content (AvgIpc) is 2.91. The lowest BCUT2D eigenvalue weighted by atomic mass is 9.92. The minimum absolute atomic E-state index is 0. The highest BCUT2D eigenvalue weighted by molar-refractivity contribution is 5.94.